The number of Topliss-reactive ketones (excluding diaryl/α,β-unsaturated/α-hetero) is 1. The van der Waals surface area contributed by atoms with Crippen LogP contribution in [-0.2, 0) is 11.2 Å². The molecule has 1 aromatic heterocycles. The van der Waals surface area contributed by atoms with Crippen molar-refractivity contribution in [2.45, 2.75) is 26.4 Å². The van der Waals surface area contributed by atoms with Gasteiger partial charge in [0, 0.05) is 42.9 Å². The van der Waals surface area contributed by atoms with Crippen molar-refractivity contribution in [1.29, 1.82) is 0 Å². The molecule has 0 aliphatic carbocycles. The first kappa shape index (κ1) is 28.5. The number of aliphatic carboxylic acids is 1. The summed E-state index contributed by atoms with van der Waals surface area (Å²) in [7, 11) is 3.84. The Balaban J connectivity index is 0.00000380. The summed E-state index contributed by atoms with van der Waals surface area (Å²) in [5.41, 5.74) is 3.65. The largest absolute Gasteiger partial charge is 1.00 e. The van der Waals surface area contributed by atoms with Crippen LogP contribution < -0.4 is 44.3 Å². The first-order valence-corrected chi connectivity index (χ1v) is 12.2. The second-order valence-corrected chi connectivity index (χ2v) is 9.40. The van der Waals surface area contributed by atoms with Gasteiger partial charge >= 0.3 is 29.6 Å². The second-order valence-electron chi connectivity index (χ2n) is 8.87. The van der Waals surface area contributed by atoms with E-state index in [9.17, 15) is 14.7 Å². The van der Waals surface area contributed by atoms with Crippen LogP contribution in [0, 0.1) is 0 Å². The molecule has 0 aliphatic rings. The van der Waals surface area contributed by atoms with Crippen LogP contribution in [0.15, 0.2) is 72.3 Å². The van der Waals surface area contributed by atoms with Crippen LogP contribution in [-0.4, -0.2) is 40.7 Å². The summed E-state index contributed by atoms with van der Waals surface area (Å²) in [4.78, 5) is 28.3. The van der Waals surface area contributed by atoms with Gasteiger partial charge in [0.1, 0.15) is 16.8 Å². The topological polar surface area (TPSA) is 95.5 Å². The molecule has 0 unspecified atom stereocenters. The molecule has 0 amide bonds. The number of benzene rings is 3. The zero-order valence-corrected chi connectivity index (χ0v) is 24.3. The molecule has 0 saturated carbocycles. The van der Waals surface area contributed by atoms with E-state index in [4.69, 9.17) is 4.74 Å². The molecule has 0 spiro atoms. The molecule has 184 valence electrons. The van der Waals surface area contributed by atoms with Crippen LogP contribution in [0.2, 0.25) is 0 Å². The number of allylic oxidation sites excluding steroid dienone is 1. The van der Waals surface area contributed by atoms with Gasteiger partial charge in [0.25, 0.3) is 0 Å². The van der Waals surface area contributed by atoms with E-state index in [0.29, 0.717) is 27.9 Å². The number of nitrogens with zero attached hydrogens (tertiary/aromatic N) is 3. The molecule has 3 aromatic carbocycles. The maximum atomic E-state index is 13.8. The Bertz CT molecular complexity index is 1450. The summed E-state index contributed by atoms with van der Waals surface area (Å²) in [6.07, 6.45) is 0.104. The molecule has 7 nitrogen and oxygen atoms in total. The van der Waals surface area contributed by atoms with Crippen LogP contribution >= 0.6 is 11.7 Å². The zero-order chi connectivity index (χ0) is 25.8. The van der Waals surface area contributed by atoms with Gasteiger partial charge in [-0.05, 0) is 73.5 Å². The van der Waals surface area contributed by atoms with Crippen molar-refractivity contribution >= 4 is 45.8 Å². The third-order valence-electron chi connectivity index (χ3n) is 5.62. The maximum absolute atomic E-state index is 13.8. The number of aromatic nitrogens is 2. The van der Waals surface area contributed by atoms with E-state index >= 15 is 0 Å². The Morgan fingerprint density at radius 2 is 1.62 bits per heavy atom. The molecule has 0 N–H and O–H groups in total. The first-order chi connectivity index (χ1) is 17.2. The minimum Gasteiger partial charge on any atom is -0.545 e. The van der Waals surface area contributed by atoms with Crippen LogP contribution in [0.4, 0.5) is 5.69 Å². The smallest absolute Gasteiger partial charge is 0.545 e. The summed E-state index contributed by atoms with van der Waals surface area (Å²) >= 11 is 1.04. The number of fused-ring (bicyclic) bond motifs is 1. The molecule has 9 heteroatoms. The van der Waals surface area contributed by atoms with Crippen molar-refractivity contribution in [1.82, 2.24) is 8.75 Å². The first-order valence-electron chi connectivity index (χ1n) is 11.5. The van der Waals surface area contributed by atoms with Gasteiger partial charge in [-0.25, -0.2) is 0 Å². The van der Waals surface area contributed by atoms with Gasteiger partial charge in [-0.3, -0.25) is 4.79 Å². The van der Waals surface area contributed by atoms with E-state index in [-0.39, 0.29) is 53.2 Å². The van der Waals surface area contributed by atoms with Crippen molar-refractivity contribution in [2.75, 3.05) is 19.0 Å². The van der Waals surface area contributed by atoms with E-state index in [2.05, 4.69) is 8.75 Å². The van der Waals surface area contributed by atoms with Crippen LogP contribution in [0.25, 0.3) is 16.6 Å². The number of rotatable bonds is 9. The second kappa shape index (κ2) is 12.5. The summed E-state index contributed by atoms with van der Waals surface area (Å²) in [6.45, 7) is 3.84. The summed E-state index contributed by atoms with van der Waals surface area (Å²) in [5, 5.41) is 12.5. The minimum absolute atomic E-state index is 0. The summed E-state index contributed by atoms with van der Waals surface area (Å²) in [6, 6.07) is 19.3. The minimum atomic E-state index is -1.43. The molecular weight excluding hydrogens is 497 g/mol. The van der Waals surface area contributed by atoms with Gasteiger partial charge in [0.2, 0.25) is 0 Å². The fourth-order valence-corrected chi connectivity index (χ4v) is 4.43. The van der Waals surface area contributed by atoms with Gasteiger partial charge in [-0.1, -0.05) is 18.2 Å². The summed E-state index contributed by atoms with van der Waals surface area (Å²) < 4.78 is 14.1. The number of anilines is 1. The number of ether oxygens (including phenoxy) is 1. The Hall–Kier alpha value is -3.04. The number of hydrogen-bond acceptors (Lipinski definition) is 8. The van der Waals surface area contributed by atoms with Crippen molar-refractivity contribution in [3.05, 3.63) is 89.0 Å². The van der Waals surface area contributed by atoms with Gasteiger partial charge < -0.3 is 19.5 Å². The molecular formula is C28H26N3NaO4S. The predicted molar refractivity (Wildman–Crippen MR) is 140 cm³/mol. The molecule has 0 aliphatic heterocycles. The Labute approximate surface area is 242 Å². The zero-order valence-electron chi connectivity index (χ0n) is 21.5. The van der Waals surface area contributed by atoms with Crippen molar-refractivity contribution in [3.63, 3.8) is 0 Å². The Kier molecular flexibility index (Phi) is 9.62. The normalized spacial score (nSPS) is 11.6. The fourth-order valence-electron chi connectivity index (χ4n) is 3.92. The standard InChI is InChI=1S/C28H27N3O4S.Na/c1-17(2)35-22-11-8-19(9-12-22)27(32)23(15-18-6-5-7-21(14-18)31(3)4)26(28(33)34)20-10-13-24-25(16-20)30-36-29-24;/h5-14,16-17H,15H2,1-4H3,(H,33,34);/q;+1/p-1. The molecule has 37 heavy (non-hydrogen) atoms. The van der Waals surface area contributed by atoms with Crippen molar-refractivity contribution in [3.8, 4) is 5.75 Å². The molecule has 0 radical (unpaired) electrons. The van der Waals surface area contributed by atoms with Crippen LogP contribution in [0.3, 0.4) is 0 Å². The number of carbonyl (C=O) groups excluding carboxylic acids is 2. The van der Waals surface area contributed by atoms with Crippen LogP contribution in [0.1, 0.15) is 35.3 Å². The number of carboxylic acids is 1. The SMILES string of the molecule is CC(C)Oc1ccc(C(=O)C(Cc2cccc(N(C)C)c2)=C(C(=O)[O-])c2ccc3nsnc3c2)cc1.[Na+]. The number of ketones is 1. The third kappa shape index (κ3) is 6.84. The van der Waals surface area contributed by atoms with Crippen LogP contribution in [0.5, 0.6) is 5.75 Å². The Morgan fingerprint density at radius 3 is 2.27 bits per heavy atom. The van der Waals surface area contributed by atoms with Gasteiger partial charge in [-0.2, -0.15) is 8.75 Å². The number of hydrogen-bond donors (Lipinski definition) is 0. The van der Waals surface area contributed by atoms with E-state index in [1.165, 1.54) is 0 Å². The number of carbonyl (C=O) groups is 2. The Morgan fingerprint density at radius 1 is 0.946 bits per heavy atom. The van der Waals surface area contributed by atoms with Gasteiger partial charge in [0.15, 0.2) is 5.78 Å². The fraction of sp³-hybridized carbons (Fsp3) is 0.214. The van der Waals surface area contributed by atoms with E-state index in [0.717, 1.165) is 23.0 Å². The molecule has 0 fully saturated rings. The molecule has 4 rings (SSSR count). The molecule has 4 aromatic rings. The third-order valence-corrected chi connectivity index (χ3v) is 6.18. The summed E-state index contributed by atoms with van der Waals surface area (Å²) in [5.74, 6) is -1.19. The quantitative estimate of drug-likeness (QED) is 0.185. The van der Waals surface area contributed by atoms with Gasteiger partial charge in [0.05, 0.1) is 23.8 Å². The van der Waals surface area contributed by atoms with E-state index in [1.54, 1.807) is 42.5 Å². The maximum Gasteiger partial charge on any atom is 1.00 e. The van der Waals surface area contributed by atoms with Crippen molar-refractivity contribution < 1.29 is 49.0 Å². The molecule has 1 heterocycles. The van der Waals surface area contributed by atoms with E-state index in [1.807, 2.05) is 57.1 Å². The predicted octanol–water partition coefficient (Wildman–Crippen LogP) is 1.18. The van der Waals surface area contributed by atoms with E-state index < -0.39 is 11.8 Å². The molecule has 0 saturated heterocycles. The monoisotopic (exact) mass is 523 g/mol. The average Bonchev–Trinajstić information content (AvgIpc) is 3.31. The van der Waals surface area contributed by atoms with Gasteiger partial charge in [-0.15, -0.1) is 0 Å². The average molecular weight is 524 g/mol. The molecule has 0 atom stereocenters. The molecule has 0 bridgehead atoms. The number of carboxylic acid groups (broad SMARTS) is 1. The van der Waals surface area contributed by atoms with Crippen molar-refractivity contribution in [2.24, 2.45) is 0 Å².